The van der Waals surface area contributed by atoms with Crippen LogP contribution in [-0.4, -0.2) is 26.4 Å². The SMILES string of the molecule is O=c1[nH]c(-c2ccco2)nc2c1CN(Cc1c(-c3ccccc3)[nH]c3ccccc13)CC2. The highest BCUT2D eigenvalue weighted by Crippen LogP contribution is 2.32. The Morgan fingerprint density at radius 3 is 2.66 bits per heavy atom. The number of nitrogens with zero attached hydrogens (tertiary/aromatic N) is 2. The summed E-state index contributed by atoms with van der Waals surface area (Å²) in [5, 5.41) is 1.22. The zero-order valence-corrected chi connectivity index (χ0v) is 17.5. The average Bonchev–Trinajstić information content (AvgIpc) is 3.49. The second-order valence-corrected chi connectivity index (χ2v) is 8.17. The fraction of sp³-hybridized carbons (Fsp3) is 0.154. The predicted molar refractivity (Wildman–Crippen MR) is 124 cm³/mol. The van der Waals surface area contributed by atoms with Crippen LogP contribution in [0.5, 0.6) is 0 Å². The molecule has 6 heteroatoms. The van der Waals surface area contributed by atoms with Crippen molar-refractivity contribution >= 4 is 10.9 Å². The van der Waals surface area contributed by atoms with Gasteiger partial charge in [0.1, 0.15) is 0 Å². The lowest BCUT2D eigenvalue weighted by Gasteiger charge is -2.28. The van der Waals surface area contributed by atoms with E-state index in [4.69, 9.17) is 4.42 Å². The molecule has 2 N–H and O–H groups in total. The van der Waals surface area contributed by atoms with Crippen molar-refractivity contribution in [3.8, 4) is 22.8 Å². The molecule has 0 aliphatic carbocycles. The summed E-state index contributed by atoms with van der Waals surface area (Å²) < 4.78 is 5.41. The summed E-state index contributed by atoms with van der Waals surface area (Å²) in [5.41, 5.74) is 6.20. The van der Waals surface area contributed by atoms with Gasteiger partial charge in [-0.15, -0.1) is 0 Å². The number of furan rings is 1. The summed E-state index contributed by atoms with van der Waals surface area (Å²) in [4.78, 5) is 26.4. The molecule has 0 saturated carbocycles. The standard InChI is InChI=1S/C26H22N4O2/c31-26-20-16-30(13-12-22(20)28-25(29-26)23-11-6-14-32-23)15-19-18-9-4-5-10-21(18)27-24(19)17-7-2-1-3-8-17/h1-11,14,27H,12-13,15-16H2,(H,28,29,31). The highest BCUT2D eigenvalue weighted by Gasteiger charge is 2.24. The normalized spacial score (nSPS) is 14.0. The number of hydrogen-bond acceptors (Lipinski definition) is 4. The van der Waals surface area contributed by atoms with Crippen molar-refractivity contribution in [3.05, 3.63) is 100 Å². The van der Waals surface area contributed by atoms with Crippen LogP contribution in [0.2, 0.25) is 0 Å². The molecular weight excluding hydrogens is 400 g/mol. The number of benzene rings is 2. The maximum absolute atomic E-state index is 12.9. The number of hydrogen-bond donors (Lipinski definition) is 2. The van der Waals surface area contributed by atoms with E-state index in [0.717, 1.165) is 42.0 Å². The Labute approximate surface area is 184 Å². The maximum atomic E-state index is 12.9. The molecule has 0 unspecified atom stereocenters. The monoisotopic (exact) mass is 422 g/mol. The largest absolute Gasteiger partial charge is 0.461 e. The van der Waals surface area contributed by atoms with Crippen LogP contribution in [0, 0.1) is 0 Å². The summed E-state index contributed by atoms with van der Waals surface area (Å²) in [5.74, 6) is 1.08. The van der Waals surface area contributed by atoms with Crippen LogP contribution in [-0.2, 0) is 19.5 Å². The Morgan fingerprint density at radius 2 is 1.81 bits per heavy atom. The molecule has 2 aromatic carbocycles. The predicted octanol–water partition coefficient (Wildman–Crippen LogP) is 4.74. The van der Waals surface area contributed by atoms with E-state index in [0.29, 0.717) is 18.1 Å². The zero-order chi connectivity index (χ0) is 21.5. The van der Waals surface area contributed by atoms with E-state index in [1.165, 1.54) is 16.5 Å². The number of rotatable bonds is 4. The average molecular weight is 422 g/mol. The van der Waals surface area contributed by atoms with Crippen LogP contribution in [0.15, 0.2) is 82.2 Å². The number of nitrogens with one attached hydrogen (secondary N) is 2. The van der Waals surface area contributed by atoms with Gasteiger partial charge < -0.3 is 14.4 Å². The fourth-order valence-corrected chi connectivity index (χ4v) is 4.59. The smallest absolute Gasteiger partial charge is 0.256 e. The third-order valence-electron chi connectivity index (χ3n) is 6.16. The van der Waals surface area contributed by atoms with E-state index >= 15 is 0 Å². The Hall–Kier alpha value is -3.90. The molecule has 0 saturated heterocycles. The fourth-order valence-electron chi connectivity index (χ4n) is 4.59. The molecule has 0 bridgehead atoms. The van der Waals surface area contributed by atoms with Crippen molar-refractivity contribution in [1.82, 2.24) is 19.9 Å². The Kier molecular flexibility index (Phi) is 4.51. The van der Waals surface area contributed by atoms with Gasteiger partial charge in [-0.2, -0.15) is 0 Å². The van der Waals surface area contributed by atoms with Crippen molar-refractivity contribution in [2.75, 3.05) is 6.54 Å². The summed E-state index contributed by atoms with van der Waals surface area (Å²) in [6.45, 7) is 2.17. The minimum absolute atomic E-state index is 0.0895. The number of aromatic amines is 2. The van der Waals surface area contributed by atoms with Gasteiger partial charge in [-0.05, 0) is 29.3 Å². The van der Waals surface area contributed by atoms with Gasteiger partial charge >= 0.3 is 0 Å². The molecule has 0 radical (unpaired) electrons. The van der Waals surface area contributed by atoms with E-state index < -0.39 is 0 Å². The second-order valence-electron chi connectivity index (χ2n) is 8.17. The lowest BCUT2D eigenvalue weighted by molar-refractivity contribution is 0.243. The minimum Gasteiger partial charge on any atom is -0.461 e. The molecule has 0 amide bonds. The topological polar surface area (TPSA) is 77.9 Å². The molecule has 6 rings (SSSR count). The summed E-state index contributed by atoms with van der Waals surface area (Å²) in [7, 11) is 0. The van der Waals surface area contributed by atoms with Gasteiger partial charge in [0.05, 0.1) is 23.2 Å². The molecule has 1 aliphatic rings. The van der Waals surface area contributed by atoms with E-state index in [-0.39, 0.29) is 5.56 Å². The van der Waals surface area contributed by atoms with Crippen molar-refractivity contribution in [1.29, 1.82) is 0 Å². The molecule has 5 aromatic rings. The van der Waals surface area contributed by atoms with Crippen molar-refractivity contribution < 1.29 is 4.42 Å². The van der Waals surface area contributed by atoms with E-state index in [2.05, 4.69) is 68.4 Å². The number of H-pyrrole nitrogens is 2. The van der Waals surface area contributed by atoms with Gasteiger partial charge in [0.15, 0.2) is 11.6 Å². The third-order valence-corrected chi connectivity index (χ3v) is 6.16. The van der Waals surface area contributed by atoms with Crippen molar-refractivity contribution in [2.45, 2.75) is 19.5 Å². The van der Waals surface area contributed by atoms with Gasteiger partial charge in [0.25, 0.3) is 5.56 Å². The number of fused-ring (bicyclic) bond motifs is 2. The molecule has 3 aromatic heterocycles. The van der Waals surface area contributed by atoms with Crippen LogP contribution >= 0.6 is 0 Å². The van der Waals surface area contributed by atoms with E-state index in [1.54, 1.807) is 12.3 Å². The molecule has 4 heterocycles. The quantitative estimate of drug-likeness (QED) is 0.439. The van der Waals surface area contributed by atoms with E-state index in [1.807, 2.05) is 12.1 Å². The van der Waals surface area contributed by atoms with Gasteiger partial charge in [-0.25, -0.2) is 4.98 Å². The molecule has 0 fully saturated rings. The highest BCUT2D eigenvalue weighted by atomic mass is 16.3. The van der Waals surface area contributed by atoms with Crippen molar-refractivity contribution in [2.24, 2.45) is 0 Å². The lowest BCUT2D eigenvalue weighted by Crippen LogP contribution is -2.35. The Bertz CT molecular complexity index is 1450. The summed E-state index contributed by atoms with van der Waals surface area (Å²) >= 11 is 0. The summed E-state index contributed by atoms with van der Waals surface area (Å²) in [6, 6.07) is 22.4. The first-order valence-corrected chi connectivity index (χ1v) is 10.8. The van der Waals surface area contributed by atoms with Crippen LogP contribution in [0.3, 0.4) is 0 Å². The van der Waals surface area contributed by atoms with Crippen LogP contribution in [0.25, 0.3) is 33.7 Å². The first-order chi connectivity index (χ1) is 15.8. The van der Waals surface area contributed by atoms with Gasteiger partial charge in [-0.1, -0.05) is 48.5 Å². The lowest BCUT2D eigenvalue weighted by atomic mass is 10.0. The molecular formula is C26H22N4O2. The number of aromatic nitrogens is 3. The van der Waals surface area contributed by atoms with Crippen LogP contribution in [0.4, 0.5) is 0 Å². The maximum Gasteiger partial charge on any atom is 0.256 e. The number of para-hydroxylation sites is 1. The van der Waals surface area contributed by atoms with Crippen LogP contribution < -0.4 is 5.56 Å². The molecule has 0 spiro atoms. The first-order valence-electron chi connectivity index (χ1n) is 10.8. The summed E-state index contributed by atoms with van der Waals surface area (Å²) in [6.07, 6.45) is 2.32. The van der Waals surface area contributed by atoms with Crippen LogP contribution in [0.1, 0.15) is 16.8 Å². The molecule has 32 heavy (non-hydrogen) atoms. The minimum atomic E-state index is -0.0895. The molecule has 0 atom stereocenters. The van der Waals surface area contributed by atoms with Crippen molar-refractivity contribution in [3.63, 3.8) is 0 Å². The zero-order valence-electron chi connectivity index (χ0n) is 17.5. The highest BCUT2D eigenvalue weighted by molar-refractivity contribution is 5.90. The Balaban J connectivity index is 1.35. The second kappa shape index (κ2) is 7.66. The van der Waals surface area contributed by atoms with E-state index in [9.17, 15) is 4.79 Å². The third kappa shape index (κ3) is 3.25. The molecule has 1 aliphatic heterocycles. The van der Waals surface area contributed by atoms with Gasteiger partial charge in [-0.3, -0.25) is 9.69 Å². The first kappa shape index (κ1) is 18.8. The Morgan fingerprint density at radius 1 is 0.969 bits per heavy atom. The molecule has 158 valence electrons. The van der Waals surface area contributed by atoms with Gasteiger partial charge in [0, 0.05) is 37.0 Å². The molecule has 6 nitrogen and oxygen atoms in total. The van der Waals surface area contributed by atoms with Gasteiger partial charge in [0.2, 0.25) is 0 Å².